The lowest BCUT2D eigenvalue weighted by Gasteiger charge is -2.10. The van der Waals surface area contributed by atoms with E-state index in [2.05, 4.69) is 5.32 Å². The molecular formula is C8H8ClFN-. The van der Waals surface area contributed by atoms with Gasteiger partial charge < -0.3 is 5.32 Å². The molecular weight excluding hydrogens is 165 g/mol. The first-order valence-electron chi connectivity index (χ1n) is 3.23. The largest absolute Gasteiger partial charge is 0.661 e. The molecule has 0 spiro atoms. The maximum Gasteiger partial charge on any atom is 0.141 e. The van der Waals surface area contributed by atoms with E-state index in [1.165, 1.54) is 12.1 Å². The van der Waals surface area contributed by atoms with Crippen LogP contribution in [0.5, 0.6) is 0 Å². The number of hydrogen-bond acceptors (Lipinski definition) is 0. The van der Waals surface area contributed by atoms with E-state index in [1.54, 1.807) is 13.1 Å². The summed E-state index contributed by atoms with van der Waals surface area (Å²) in [7, 11) is 1.69. The van der Waals surface area contributed by atoms with Gasteiger partial charge in [0.05, 0.1) is 5.02 Å². The highest BCUT2D eigenvalue weighted by atomic mass is 35.5. The molecule has 0 radical (unpaired) electrons. The number of nitrogens with zero attached hydrogens (tertiary/aromatic N) is 1. The van der Waals surface area contributed by atoms with Crippen LogP contribution in [0.25, 0.3) is 5.32 Å². The fourth-order valence-corrected chi connectivity index (χ4v) is 0.938. The molecule has 0 unspecified atom stereocenters. The van der Waals surface area contributed by atoms with Crippen LogP contribution in [0.3, 0.4) is 0 Å². The maximum absolute atomic E-state index is 12.7. The van der Waals surface area contributed by atoms with Crippen molar-refractivity contribution < 1.29 is 4.39 Å². The molecule has 0 N–H and O–H groups in total. The first-order valence-corrected chi connectivity index (χ1v) is 3.61. The summed E-state index contributed by atoms with van der Waals surface area (Å²) in [6, 6.07) is 4.70. The minimum absolute atomic E-state index is 0.157. The van der Waals surface area contributed by atoms with Gasteiger partial charge in [0.2, 0.25) is 0 Å². The summed E-state index contributed by atoms with van der Waals surface area (Å²) in [5.41, 5.74) is 0.842. The van der Waals surface area contributed by atoms with Crippen LogP contribution in [0.2, 0.25) is 5.02 Å². The molecule has 0 saturated heterocycles. The topological polar surface area (TPSA) is 14.1 Å². The molecule has 0 heterocycles. The van der Waals surface area contributed by atoms with Crippen molar-refractivity contribution in [1.82, 2.24) is 0 Å². The molecule has 3 heteroatoms. The molecule has 0 aliphatic rings. The van der Waals surface area contributed by atoms with Crippen molar-refractivity contribution in [2.75, 3.05) is 7.05 Å². The van der Waals surface area contributed by atoms with E-state index in [4.69, 9.17) is 11.6 Å². The summed E-state index contributed by atoms with van der Waals surface area (Å²) in [6.07, 6.45) is 0. The molecule has 0 atom stereocenters. The molecule has 1 aromatic rings. The van der Waals surface area contributed by atoms with E-state index in [9.17, 15) is 4.39 Å². The monoisotopic (exact) mass is 172 g/mol. The normalized spacial score (nSPS) is 10.1. The predicted molar refractivity (Wildman–Crippen MR) is 44.4 cm³/mol. The summed E-state index contributed by atoms with van der Waals surface area (Å²) in [5, 5.41) is 4.02. The lowest BCUT2D eigenvalue weighted by Crippen LogP contribution is -1.84. The zero-order chi connectivity index (χ0) is 8.27. The third-order valence-corrected chi connectivity index (χ3v) is 1.63. The van der Waals surface area contributed by atoms with Gasteiger partial charge in [0.15, 0.2) is 0 Å². The molecule has 60 valence electrons. The SMILES string of the molecule is C[N-]Cc1ccc(Cl)c(F)c1. The predicted octanol–water partition coefficient (Wildman–Crippen LogP) is 2.98. The number of rotatable bonds is 2. The highest BCUT2D eigenvalue weighted by Crippen LogP contribution is 2.16. The summed E-state index contributed by atoms with van der Waals surface area (Å²) in [4.78, 5) is 0. The Morgan fingerprint density at radius 1 is 1.55 bits per heavy atom. The fourth-order valence-electron chi connectivity index (χ4n) is 0.821. The Labute approximate surface area is 70.2 Å². The quantitative estimate of drug-likeness (QED) is 0.651. The summed E-state index contributed by atoms with van der Waals surface area (Å²) in [5.74, 6) is -0.382. The average molecular weight is 173 g/mol. The number of benzene rings is 1. The minimum atomic E-state index is -0.382. The van der Waals surface area contributed by atoms with Gasteiger partial charge in [-0.3, -0.25) is 0 Å². The van der Waals surface area contributed by atoms with Crippen LogP contribution in [0.1, 0.15) is 5.56 Å². The lowest BCUT2D eigenvalue weighted by atomic mass is 10.2. The molecule has 1 rings (SSSR count). The van der Waals surface area contributed by atoms with Crippen molar-refractivity contribution in [2.24, 2.45) is 0 Å². The Morgan fingerprint density at radius 2 is 2.27 bits per heavy atom. The standard InChI is InChI=1S/C8H8ClFN/c1-11-5-6-2-3-7(9)8(10)4-6/h2-4H,5H2,1H3/q-1. The van der Waals surface area contributed by atoms with E-state index in [-0.39, 0.29) is 10.8 Å². The van der Waals surface area contributed by atoms with Gasteiger partial charge >= 0.3 is 0 Å². The van der Waals surface area contributed by atoms with E-state index >= 15 is 0 Å². The molecule has 0 fully saturated rings. The Morgan fingerprint density at radius 3 is 2.82 bits per heavy atom. The van der Waals surface area contributed by atoms with Gasteiger partial charge in [0.1, 0.15) is 5.82 Å². The molecule has 0 bridgehead atoms. The Bertz CT molecular complexity index is 250. The summed E-state index contributed by atoms with van der Waals surface area (Å²) < 4.78 is 12.7. The van der Waals surface area contributed by atoms with Crippen molar-refractivity contribution in [1.29, 1.82) is 0 Å². The van der Waals surface area contributed by atoms with Crippen LogP contribution in [0, 0.1) is 5.82 Å². The van der Waals surface area contributed by atoms with Crippen molar-refractivity contribution in [2.45, 2.75) is 6.54 Å². The van der Waals surface area contributed by atoms with Crippen molar-refractivity contribution in [3.05, 3.63) is 39.9 Å². The lowest BCUT2D eigenvalue weighted by molar-refractivity contribution is 0.626. The van der Waals surface area contributed by atoms with Gasteiger partial charge in [-0.1, -0.05) is 23.2 Å². The van der Waals surface area contributed by atoms with Gasteiger partial charge in [0, 0.05) is 0 Å². The first-order chi connectivity index (χ1) is 5.24. The van der Waals surface area contributed by atoms with Gasteiger partial charge in [0.25, 0.3) is 0 Å². The van der Waals surface area contributed by atoms with E-state index in [0.717, 1.165) is 5.56 Å². The molecule has 11 heavy (non-hydrogen) atoms. The second kappa shape index (κ2) is 3.69. The Balaban J connectivity index is 2.86. The number of hydrogen-bond donors (Lipinski definition) is 0. The van der Waals surface area contributed by atoms with Crippen LogP contribution in [0.15, 0.2) is 18.2 Å². The summed E-state index contributed by atoms with van der Waals surface area (Å²) >= 11 is 5.48. The van der Waals surface area contributed by atoms with Crippen LogP contribution in [-0.4, -0.2) is 7.05 Å². The van der Waals surface area contributed by atoms with Crippen LogP contribution in [0.4, 0.5) is 4.39 Å². The van der Waals surface area contributed by atoms with Gasteiger partial charge in [-0.2, -0.15) is 7.05 Å². The molecule has 1 nitrogen and oxygen atoms in total. The van der Waals surface area contributed by atoms with Crippen LogP contribution >= 0.6 is 11.6 Å². The van der Waals surface area contributed by atoms with Gasteiger partial charge in [-0.25, -0.2) is 4.39 Å². The second-order valence-electron chi connectivity index (χ2n) is 2.22. The highest BCUT2D eigenvalue weighted by molar-refractivity contribution is 6.30. The molecule has 0 aliphatic carbocycles. The Hall–Kier alpha value is -0.600. The second-order valence-corrected chi connectivity index (χ2v) is 2.63. The molecule has 0 amide bonds. The molecule has 0 aromatic heterocycles. The van der Waals surface area contributed by atoms with E-state index < -0.39 is 0 Å². The van der Waals surface area contributed by atoms with Crippen molar-refractivity contribution >= 4 is 11.6 Å². The first kappa shape index (κ1) is 8.50. The minimum Gasteiger partial charge on any atom is -0.661 e. The maximum atomic E-state index is 12.7. The average Bonchev–Trinajstić information content (AvgIpc) is 1.98. The summed E-state index contributed by atoms with van der Waals surface area (Å²) in [6.45, 7) is 0.536. The zero-order valence-corrected chi connectivity index (χ0v) is 6.90. The van der Waals surface area contributed by atoms with Crippen LogP contribution in [-0.2, 0) is 6.54 Å². The molecule has 0 saturated carbocycles. The van der Waals surface area contributed by atoms with Crippen molar-refractivity contribution in [3.63, 3.8) is 0 Å². The zero-order valence-electron chi connectivity index (χ0n) is 6.14. The van der Waals surface area contributed by atoms with Crippen LogP contribution < -0.4 is 0 Å². The van der Waals surface area contributed by atoms with E-state index in [0.29, 0.717) is 6.54 Å². The third-order valence-electron chi connectivity index (χ3n) is 1.32. The van der Waals surface area contributed by atoms with Gasteiger partial charge in [-0.05, 0) is 12.1 Å². The fraction of sp³-hybridized carbons (Fsp3) is 0.250. The molecule has 1 aromatic carbocycles. The Kier molecular flexibility index (Phi) is 2.85. The number of halogens is 2. The highest BCUT2D eigenvalue weighted by Gasteiger charge is 1.96. The van der Waals surface area contributed by atoms with Gasteiger partial charge in [-0.15, -0.1) is 6.54 Å². The molecule has 0 aliphatic heterocycles. The third kappa shape index (κ3) is 2.17. The smallest absolute Gasteiger partial charge is 0.141 e. The van der Waals surface area contributed by atoms with E-state index in [1.807, 2.05) is 0 Å². The van der Waals surface area contributed by atoms with Crippen molar-refractivity contribution in [3.8, 4) is 0 Å².